The van der Waals surface area contributed by atoms with Crippen LogP contribution in [0, 0.1) is 5.82 Å². The summed E-state index contributed by atoms with van der Waals surface area (Å²) in [7, 11) is 0. The Labute approximate surface area is 144 Å². The van der Waals surface area contributed by atoms with Crippen LogP contribution >= 0.6 is 0 Å². The van der Waals surface area contributed by atoms with E-state index in [1.165, 1.54) is 12.1 Å². The molecule has 0 heterocycles. The lowest BCUT2D eigenvalue weighted by atomic mass is 9.79. The standard InChI is InChI=1S/C21H26FNO/c1-20(2,3)15-11-14(19(24)18(12-15)21(4,5)6)13-23-17-9-7-16(22)8-10-17/h7-13,24H,1-6H3. The van der Waals surface area contributed by atoms with Gasteiger partial charge in [0.1, 0.15) is 11.6 Å². The Morgan fingerprint density at radius 1 is 0.917 bits per heavy atom. The molecule has 2 nitrogen and oxygen atoms in total. The SMILES string of the molecule is CC(C)(C)c1cc(C=Nc2ccc(F)cc2)c(O)c(C(C)(C)C)c1. The topological polar surface area (TPSA) is 32.6 Å². The van der Waals surface area contributed by atoms with Gasteiger partial charge in [0.2, 0.25) is 0 Å². The Morgan fingerprint density at radius 2 is 1.50 bits per heavy atom. The third kappa shape index (κ3) is 4.22. The molecule has 2 aromatic carbocycles. The number of hydrogen-bond donors (Lipinski definition) is 1. The molecule has 0 spiro atoms. The molecule has 0 atom stereocenters. The molecule has 2 rings (SSSR count). The first-order valence-electron chi connectivity index (χ1n) is 8.16. The summed E-state index contributed by atoms with van der Waals surface area (Å²) in [6, 6.07) is 10.0. The Balaban J connectivity index is 2.54. The van der Waals surface area contributed by atoms with E-state index in [4.69, 9.17) is 0 Å². The average Bonchev–Trinajstić information content (AvgIpc) is 2.45. The van der Waals surface area contributed by atoms with Crippen LogP contribution in [0.4, 0.5) is 10.1 Å². The van der Waals surface area contributed by atoms with E-state index in [1.807, 2.05) is 6.07 Å². The van der Waals surface area contributed by atoms with Crippen molar-refractivity contribution in [1.29, 1.82) is 0 Å². The molecule has 0 radical (unpaired) electrons. The number of nitrogens with zero attached hydrogens (tertiary/aromatic N) is 1. The summed E-state index contributed by atoms with van der Waals surface area (Å²) in [6.45, 7) is 12.7. The minimum Gasteiger partial charge on any atom is -0.507 e. The lowest BCUT2D eigenvalue weighted by Crippen LogP contribution is -2.17. The predicted molar refractivity (Wildman–Crippen MR) is 99.2 cm³/mol. The van der Waals surface area contributed by atoms with Gasteiger partial charge in [0.05, 0.1) is 5.69 Å². The number of phenols is 1. The summed E-state index contributed by atoms with van der Waals surface area (Å²) < 4.78 is 13.0. The van der Waals surface area contributed by atoms with Crippen LogP contribution in [0.2, 0.25) is 0 Å². The zero-order valence-electron chi connectivity index (χ0n) is 15.3. The summed E-state index contributed by atoms with van der Waals surface area (Å²) in [5.41, 5.74) is 3.16. The lowest BCUT2D eigenvalue weighted by Gasteiger charge is -2.26. The zero-order valence-corrected chi connectivity index (χ0v) is 15.3. The van der Waals surface area contributed by atoms with Gasteiger partial charge in [0.15, 0.2) is 0 Å². The van der Waals surface area contributed by atoms with E-state index in [9.17, 15) is 9.50 Å². The highest BCUT2D eigenvalue weighted by Crippen LogP contribution is 2.37. The maximum Gasteiger partial charge on any atom is 0.128 e. The molecule has 128 valence electrons. The van der Waals surface area contributed by atoms with Crippen LogP contribution in [0.25, 0.3) is 0 Å². The number of aliphatic imine (C=N–C) groups is 1. The highest BCUT2D eigenvalue weighted by atomic mass is 19.1. The van der Waals surface area contributed by atoms with E-state index in [0.29, 0.717) is 11.3 Å². The van der Waals surface area contributed by atoms with Crippen molar-refractivity contribution in [3.05, 3.63) is 58.9 Å². The normalized spacial score (nSPS) is 12.8. The van der Waals surface area contributed by atoms with E-state index in [0.717, 1.165) is 11.1 Å². The predicted octanol–water partition coefficient (Wildman–Crippen LogP) is 5.88. The van der Waals surface area contributed by atoms with Gasteiger partial charge in [0, 0.05) is 17.3 Å². The Morgan fingerprint density at radius 3 is 2.00 bits per heavy atom. The first-order valence-corrected chi connectivity index (χ1v) is 8.16. The van der Waals surface area contributed by atoms with Crippen molar-refractivity contribution in [2.24, 2.45) is 4.99 Å². The average molecular weight is 327 g/mol. The summed E-state index contributed by atoms with van der Waals surface area (Å²) in [4.78, 5) is 4.37. The lowest BCUT2D eigenvalue weighted by molar-refractivity contribution is 0.444. The van der Waals surface area contributed by atoms with Crippen molar-refractivity contribution in [2.75, 3.05) is 0 Å². The fourth-order valence-corrected chi connectivity index (χ4v) is 2.43. The molecule has 0 aliphatic rings. The smallest absolute Gasteiger partial charge is 0.128 e. The fourth-order valence-electron chi connectivity index (χ4n) is 2.43. The minimum atomic E-state index is -0.290. The number of benzene rings is 2. The molecule has 0 bridgehead atoms. The summed E-state index contributed by atoms with van der Waals surface area (Å²) >= 11 is 0. The molecule has 0 saturated heterocycles. The van der Waals surface area contributed by atoms with Crippen LogP contribution in [-0.4, -0.2) is 11.3 Å². The van der Waals surface area contributed by atoms with Crippen LogP contribution in [0.1, 0.15) is 58.2 Å². The molecule has 0 amide bonds. The van der Waals surface area contributed by atoms with Crippen LogP contribution in [0.3, 0.4) is 0 Å². The van der Waals surface area contributed by atoms with Crippen LogP contribution in [0.15, 0.2) is 41.4 Å². The van der Waals surface area contributed by atoms with Gasteiger partial charge >= 0.3 is 0 Å². The maximum absolute atomic E-state index is 13.0. The Kier molecular flexibility index (Phi) is 4.84. The quantitative estimate of drug-likeness (QED) is 0.687. The molecule has 0 aliphatic carbocycles. The third-order valence-electron chi connectivity index (χ3n) is 3.99. The third-order valence-corrected chi connectivity index (χ3v) is 3.99. The van der Waals surface area contributed by atoms with Crippen molar-refractivity contribution < 1.29 is 9.50 Å². The number of aromatic hydroxyl groups is 1. The van der Waals surface area contributed by atoms with Gasteiger partial charge in [-0.25, -0.2) is 4.39 Å². The van der Waals surface area contributed by atoms with Crippen LogP contribution in [-0.2, 0) is 10.8 Å². The molecule has 0 aliphatic heterocycles. The summed E-state index contributed by atoms with van der Waals surface area (Å²) in [6.07, 6.45) is 1.65. The summed E-state index contributed by atoms with van der Waals surface area (Å²) in [5.74, 6) is -0.0390. The molecule has 3 heteroatoms. The molecular formula is C21H26FNO. The maximum atomic E-state index is 13.0. The monoisotopic (exact) mass is 327 g/mol. The van der Waals surface area contributed by atoms with E-state index in [2.05, 4.69) is 52.6 Å². The van der Waals surface area contributed by atoms with Crippen molar-refractivity contribution in [2.45, 2.75) is 52.4 Å². The van der Waals surface area contributed by atoms with Crippen molar-refractivity contribution in [3.63, 3.8) is 0 Å². The van der Waals surface area contributed by atoms with E-state index in [-0.39, 0.29) is 22.4 Å². The molecule has 24 heavy (non-hydrogen) atoms. The van der Waals surface area contributed by atoms with Gasteiger partial charge in [-0.1, -0.05) is 47.6 Å². The summed E-state index contributed by atoms with van der Waals surface area (Å²) in [5, 5.41) is 10.7. The second-order valence-corrected chi connectivity index (χ2v) is 8.20. The Hall–Kier alpha value is -2.16. The van der Waals surface area contributed by atoms with Gasteiger partial charge in [-0.2, -0.15) is 0 Å². The number of phenolic OH excluding ortho intramolecular Hbond substituents is 1. The van der Waals surface area contributed by atoms with Crippen LogP contribution < -0.4 is 0 Å². The molecular weight excluding hydrogens is 301 g/mol. The van der Waals surface area contributed by atoms with Crippen molar-refractivity contribution >= 4 is 11.9 Å². The second kappa shape index (κ2) is 6.39. The first-order chi connectivity index (χ1) is 11.0. The largest absolute Gasteiger partial charge is 0.507 e. The molecule has 0 unspecified atom stereocenters. The first kappa shape index (κ1) is 18.2. The number of rotatable bonds is 2. The highest BCUT2D eigenvalue weighted by molar-refractivity contribution is 5.86. The van der Waals surface area contributed by atoms with Gasteiger partial charge in [-0.15, -0.1) is 0 Å². The molecule has 1 N–H and O–H groups in total. The van der Waals surface area contributed by atoms with Gasteiger partial charge < -0.3 is 5.11 Å². The zero-order chi connectivity index (χ0) is 18.1. The van der Waals surface area contributed by atoms with Gasteiger partial charge in [0.25, 0.3) is 0 Å². The number of halogens is 1. The van der Waals surface area contributed by atoms with Gasteiger partial charge in [-0.05, 0) is 46.7 Å². The second-order valence-electron chi connectivity index (χ2n) is 8.20. The van der Waals surface area contributed by atoms with E-state index >= 15 is 0 Å². The van der Waals surface area contributed by atoms with E-state index < -0.39 is 0 Å². The Bertz CT molecular complexity index is 747. The molecule has 0 saturated carbocycles. The molecule has 0 aromatic heterocycles. The number of hydrogen-bond acceptors (Lipinski definition) is 2. The van der Waals surface area contributed by atoms with Crippen LogP contribution in [0.5, 0.6) is 5.75 Å². The van der Waals surface area contributed by atoms with Crippen molar-refractivity contribution in [1.82, 2.24) is 0 Å². The fraction of sp³-hybridized carbons (Fsp3) is 0.381. The molecule has 2 aromatic rings. The van der Waals surface area contributed by atoms with E-state index in [1.54, 1.807) is 18.3 Å². The highest BCUT2D eigenvalue weighted by Gasteiger charge is 2.24. The van der Waals surface area contributed by atoms with Crippen molar-refractivity contribution in [3.8, 4) is 5.75 Å². The van der Waals surface area contributed by atoms with Gasteiger partial charge in [-0.3, -0.25) is 4.99 Å². The molecule has 0 fully saturated rings. The minimum absolute atomic E-state index is 0.0356.